The van der Waals surface area contributed by atoms with Crippen LogP contribution >= 0.6 is 0 Å². The topological polar surface area (TPSA) is 65.7 Å². The lowest BCUT2D eigenvalue weighted by Crippen LogP contribution is -2.25. The summed E-state index contributed by atoms with van der Waals surface area (Å²) in [5.41, 5.74) is 3.26. The molecule has 27 heavy (non-hydrogen) atoms. The van der Waals surface area contributed by atoms with E-state index in [-0.39, 0.29) is 5.63 Å². The molecule has 1 aromatic heterocycles. The van der Waals surface area contributed by atoms with E-state index in [2.05, 4.69) is 13.0 Å². The predicted molar refractivity (Wildman–Crippen MR) is 104 cm³/mol. The molecule has 0 saturated heterocycles. The molecule has 2 aromatic rings. The molecule has 1 aliphatic rings. The molecule has 1 aliphatic carbocycles. The number of esters is 1. The molecule has 1 atom stereocenters. The highest BCUT2D eigenvalue weighted by molar-refractivity contribution is 5.84. The monoisotopic (exact) mass is 372 g/mol. The molecule has 146 valence electrons. The number of benzene rings is 1. The number of unbranched alkanes of at least 4 members (excludes halogenated alkanes) is 3. The summed E-state index contributed by atoms with van der Waals surface area (Å²) >= 11 is 0. The van der Waals surface area contributed by atoms with Crippen molar-refractivity contribution in [1.29, 1.82) is 0 Å². The summed E-state index contributed by atoms with van der Waals surface area (Å²) in [6, 6.07) is 3.86. The van der Waals surface area contributed by atoms with Crippen LogP contribution in [0.1, 0.15) is 62.6 Å². The van der Waals surface area contributed by atoms with Gasteiger partial charge in [0.05, 0.1) is 7.11 Å². The molecule has 5 nitrogen and oxygen atoms in total. The van der Waals surface area contributed by atoms with Gasteiger partial charge in [0.2, 0.25) is 0 Å². The summed E-state index contributed by atoms with van der Waals surface area (Å²) in [5, 5.41) is 1.01. The van der Waals surface area contributed by atoms with Gasteiger partial charge in [0.25, 0.3) is 0 Å². The Balaban J connectivity index is 2.00. The molecule has 0 bridgehead atoms. The zero-order valence-corrected chi connectivity index (χ0v) is 16.4. The van der Waals surface area contributed by atoms with E-state index < -0.39 is 12.1 Å². The lowest BCUT2D eigenvalue weighted by atomic mass is 10.00. The molecule has 1 heterocycles. The molecule has 0 radical (unpaired) electrons. The minimum absolute atomic E-state index is 0.252. The maximum atomic E-state index is 12.3. The summed E-state index contributed by atoms with van der Waals surface area (Å²) in [4.78, 5) is 24.0. The Kier molecular flexibility index (Phi) is 6.19. The zero-order chi connectivity index (χ0) is 19.4. The SMILES string of the molecule is CCCCCCc1cc2c3c(c(=O)oc2cc1O[C@@H](C)C(=O)OC)CCC3. The summed E-state index contributed by atoms with van der Waals surface area (Å²) in [7, 11) is 1.34. The van der Waals surface area contributed by atoms with Crippen molar-refractivity contribution < 1.29 is 18.7 Å². The first kappa shape index (κ1) is 19.5. The van der Waals surface area contributed by atoms with Crippen LogP contribution in [0, 0.1) is 0 Å². The van der Waals surface area contributed by atoms with Crippen LogP contribution in [-0.4, -0.2) is 19.2 Å². The molecule has 0 fully saturated rings. The number of fused-ring (bicyclic) bond motifs is 3. The third kappa shape index (κ3) is 4.18. The molecule has 5 heteroatoms. The van der Waals surface area contributed by atoms with Gasteiger partial charge in [0.15, 0.2) is 6.10 Å². The number of carbonyl (C=O) groups is 1. The number of methoxy groups -OCH3 is 1. The molecular formula is C22H28O5. The fraction of sp³-hybridized carbons (Fsp3) is 0.545. The number of carbonyl (C=O) groups excluding carboxylic acids is 1. The van der Waals surface area contributed by atoms with Crippen molar-refractivity contribution in [1.82, 2.24) is 0 Å². The van der Waals surface area contributed by atoms with Gasteiger partial charge in [0, 0.05) is 17.0 Å². The van der Waals surface area contributed by atoms with Gasteiger partial charge in [-0.15, -0.1) is 0 Å². The summed E-state index contributed by atoms with van der Waals surface area (Å²) in [5.74, 6) is 0.167. The van der Waals surface area contributed by atoms with E-state index >= 15 is 0 Å². The van der Waals surface area contributed by atoms with Crippen molar-refractivity contribution in [2.75, 3.05) is 7.11 Å². The van der Waals surface area contributed by atoms with E-state index in [1.165, 1.54) is 20.0 Å². The van der Waals surface area contributed by atoms with Crippen LogP contribution in [0.15, 0.2) is 21.3 Å². The molecule has 0 saturated carbocycles. The van der Waals surface area contributed by atoms with Crippen molar-refractivity contribution in [3.8, 4) is 5.75 Å². The highest BCUT2D eigenvalue weighted by Gasteiger charge is 2.22. The quantitative estimate of drug-likeness (QED) is 0.392. The maximum absolute atomic E-state index is 12.3. The number of rotatable bonds is 8. The Bertz CT molecular complexity index is 880. The maximum Gasteiger partial charge on any atom is 0.346 e. The largest absolute Gasteiger partial charge is 0.479 e. The predicted octanol–water partition coefficient (Wildman–Crippen LogP) is 4.34. The van der Waals surface area contributed by atoms with Gasteiger partial charge < -0.3 is 13.9 Å². The van der Waals surface area contributed by atoms with Gasteiger partial charge >= 0.3 is 11.6 Å². The van der Waals surface area contributed by atoms with Crippen molar-refractivity contribution in [2.45, 2.75) is 71.3 Å². The summed E-state index contributed by atoms with van der Waals surface area (Å²) in [6.45, 7) is 3.85. The van der Waals surface area contributed by atoms with Gasteiger partial charge in [0.1, 0.15) is 11.3 Å². The van der Waals surface area contributed by atoms with Crippen LogP contribution in [0.25, 0.3) is 11.0 Å². The van der Waals surface area contributed by atoms with E-state index in [0.717, 1.165) is 60.6 Å². The first-order chi connectivity index (χ1) is 13.0. The molecule has 0 unspecified atom stereocenters. The lowest BCUT2D eigenvalue weighted by Gasteiger charge is -2.17. The van der Waals surface area contributed by atoms with Crippen LogP contribution in [0.3, 0.4) is 0 Å². The highest BCUT2D eigenvalue weighted by Crippen LogP contribution is 2.33. The zero-order valence-electron chi connectivity index (χ0n) is 16.4. The number of aryl methyl sites for hydroxylation is 2. The average molecular weight is 372 g/mol. The van der Waals surface area contributed by atoms with Gasteiger partial charge in [-0.05, 0) is 56.2 Å². The van der Waals surface area contributed by atoms with Crippen LogP contribution in [0.5, 0.6) is 5.75 Å². The Morgan fingerprint density at radius 1 is 1.19 bits per heavy atom. The van der Waals surface area contributed by atoms with Gasteiger partial charge in [-0.25, -0.2) is 9.59 Å². The minimum atomic E-state index is -0.719. The first-order valence-electron chi connectivity index (χ1n) is 9.91. The second-order valence-electron chi connectivity index (χ2n) is 7.25. The standard InChI is InChI=1S/C22H28O5/c1-4-5-6-7-9-15-12-18-16-10-8-11-17(16)22(24)27-20(18)13-19(15)26-14(2)21(23)25-3/h12-14H,4-11H2,1-3H3/t14-/m0/s1. The number of ether oxygens (including phenoxy) is 2. The smallest absolute Gasteiger partial charge is 0.346 e. The van der Waals surface area contributed by atoms with Crippen LogP contribution in [0.4, 0.5) is 0 Å². The van der Waals surface area contributed by atoms with Crippen LogP contribution in [-0.2, 0) is 28.8 Å². The average Bonchev–Trinajstić information content (AvgIpc) is 3.16. The van der Waals surface area contributed by atoms with Gasteiger partial charge in [-0.2, -0.15) is 0 Å². The fourth-order valence-corrected chi connectivity index (χ4v) is 3.81. The third-order valence-electron chi connectivity index (χ3n) is 5.29. The van der Waals surface area contributed by atoms with Crippen molar-refractivity contribution >= 4 is 16.9 Å². The summed E-state index contributed by atoms with van der Waals surface area (Å²) in [6.07, 6.45) is 7.43. The van der Waals surface area contributed by atoms with E-state index in [1.54, 1.807) is 13.0 Å². The van der Waals surface area contributed by atoms with Gasteiger partial charge in [-0.1, -0.05) is 26.2 Å². The van der Waals surface area contributed by atoms with E-state index in [4.69, 9.17) is 13.9 Å². The van der Waals surface area contributed by atoms with Crippen LogP contribution in [0.2, 0.25) is 0 Å². The Hall–Kier alpha value is -2.30. The Morgan fingerprint density at radius 3 is 2.70 bits per heavy atom. The van der Waals surface area contributed by atoms with Crippen molar-refractivity contribution in [2.24, 2.45) is 0 Å². The van der Waals surface area contributed by atoms with E-state index in [0.29, 0.717) is 11.3 Å². The fourth-order valence-electron chi connectivity index (χ4n) is 3.81. The van der Waals surface area contributed by atoms with Crippen molar-refractivity contribution in [3.05, 3.63) is 39.2 Å². The Labute approximate surface area is 159 Å². The molecule has 0 N–H and O–H groups in total. The number of hydrogen-bond donors (Lipinski definition) is 0. The Morgan fingerprint density at radius 2 is 1.96 bits per heavy atom. The molecule has 3 rings (SSSR count). The summed E-state index contributed by atoms with van der Waals surface area (Å²) < 4.78 is 16.2. The number of hydrogen-bond acceptors (Lipinski definition) is 5. The lowest BCUT2D eigenvalue weighted by molar-refractivity contribution is -0.147. The van der Waals surface area contributed by atoms with Crippen LogP contribution < -0.4 is 10.4 Å². The third-order valence-corrected chi connectivity index (χ3v) is 5.29. The van der Waals surface area contributed by atoms with E-state index in [9.17, 15) is 9.59 Å². The highest BCUT2D eigenvalue weighted by atomic mass is 16.6. The molecule has 0 amide bonds. The van der Waals surface area contributed by atoms with E-state index in [1.807, 2.05) is 0 Å². The van der Waals surface area contributed by atoms with Gasteiger partial charge in [-0.3, -0.25) is 0 Å². The molecule has 0 spiro atoms. The molecule has 1 aromatic carbocycles. The molecular weight excluding hydrogens is 344 g/mol. The second-order valence-corrected chi connectivity index (χ2v) is 7.25. The second kappa shape index (κ2) is 8.59. The molecule has 0 aliphatic heterocycles. The first-order valence-corrected chi connectivity index (χ1v) is 9.91. The minimum Gasteiger partial charge on any atom is -0.479 e. The normalized spacial score (nSPS) is 14.2. The van der Waals surface area contributed by atoms with Crippen molar-refractivity contribution in [3.63, 3.8) is 0 Å².